The Kier molecular flexibility index (Phi) is 2.24. The number of nitrogens with one attached hydrogen (secondary N) is 1. The number of pyridine rings is 1. The Hall–Kier alpha value is -1.40. The second kappa shape index (κ2) is 3.55. The van der Waals surface area contributed by atoms with Crippen molar-refractivity contribution in [3.05, 3.63) is 29.6 Å². The van der Waals surface area contributed by atoms with Crippen molar-refractivity contribution in [1.29, 1.82) is 5.26 Å². The molecule has 1 fully saturated rings. The highest BCUT2D eigenvalue weighted by Gasteiger charge is 2.16. The van der Waals surface area contributed by atoms with Gasteiger partial charge in [-0.15, -0.1) is 0 Å². The smallest absolute Gasteiger partial charge is 0.101 e. The normalized spacial score (nSPS) is 21.3. The molecule has 66 valence electrons. The predicted octanol–water partition coefficient (Wildman–Crippen LogP) is 1.03. The first-order chi connectivity index (χ1) is 6.40. The molecule has 1 atom stereocenters. The number of aromatic nitrogens is 1. The lowest BCUT2D eigenvalue weighted by Gasteiger charge is -2.07. The van der Waals surface area contributed by atoms with Crippen molar-refractivity contribution < 1.29 is 0 Å². The van der Waals surface area contributed by atoms with Crippen LogP contribution in [-0.4, -0.2) is 18.1 Å². The van der Waals surface area contributed by atoms with Gasteiger partial charge in [0.05, 0.1) is 5.56 Å². The van der Waals surface area contributed by atoms with E-state index in [1.807, 2.05) is 12.3 Å². The van der Waals surface area contributed by atoms with Gasteiger partial charge in [-0.05, 0) is 30.5 Å². The van der Waals surface area contributed by atoms with Crippen LogP contribution in [0.1, 0.15) is 23.5 Å². The average molecular weight is 173 g/mol. The van der Waals surface area contributed by atoms with Crippen LogP contribution in [0.2, 0.25) is 0 Å². The van der Waals surface area contributed by atoms with Crippen LogP contribution in [0.5, 0.6) is 0 Å². The fourth-order valence-electron chi connectivity index (χ4n) is 1.68. The Labute approximate surface area is 77.4 Å². The molecule has 0 radical (unpaired) electrons. The van der Waals surface area contributed by atoms with Crippen LogP contribution in [0.25, 0.3) is 0 Å². The first kappa shape index (κ1) is 8.21. The molecule has 0 aromatic carbocycles. The zero-order valence-electron chi connectivity index (χ0n) is 7.33. The lowest BCUT2D eigenvalue weighted by atomic mass is 9.99. The zero-order valence-corrected chi connectivity index (χ0v) is 7.33. The molecule has 3 heteroatoms. The summed E-state index contributed by atoms with van der Waals surface area (Å²) in [6.45, 7) is 2.08. The summed E-state index contributed by atoms with van der Waals surface area (Å²) in [7, 11) is 0. The van der Waals surface area contributed by atoms with Gasteiger partial charge in [-0.2, -0.15) is 5.26 Å². The highest BCUT2D eigenvalue weighted by molar-refractivity contribution is 5.31. The molecule has 0 bridgehead atoms. The fourth-order valence-corrected chi connectivity index (χ4v) is 1.68. The molecule has 0 aliphatic carbocycles. The second-order valence-corrected chi connectivity index (χ2v) is 3.31. The van der Waals surface area contributed by atoms with Gasteiger partial charge in [0, 0.05) is 18.9 Å². The molecule has 1 aromatic heterocycles. The van der Waals surface area contributed by atoms with Crippen LogP contribution >= 0.6 is 0 Å². The van der Waals surface area contributed by atoms with Crippen molar-refractivity contribution in [3.63, 3.8) is 0 Å². The van der Waals surface area contributed by atoms with Gasteiger partial charge in [0.25, 0.3) is 0 Å². The summed E-state index contributed by atoms with van der Waals surface area (Å²) < 4.78 is 0. The molecule has 1 aliphatic rings. The highest BCUT2D eigenvalue weighted by Crippen LogP contribution is 2.21. The standard InChI is InChI=1S/C10H11N3/c11-4-8-3-10(7-13-5-8)9-1-2-12-6-9/h3,5,7,9,12H,1-2,6H2. The second-order valence-electron chi connectivity index (χ2n) is 3.31. The van der Waals surface area contributed by atoms with Crippen molar-refractivity contribution in [2.75, 3.05) is 13.1 Å². The monoisotopic (exact) mass is 173 g/mol. The molecular weight excluding hydrogens is 162 g/mol. The summed E-state index contributed by atoms with van der Waals surface area (Å²) in [5, 5.41) is 12.0. The Balaban J connectivity index is 2.25. The lowest BCUT2D eigenvalue weighted by Crippen LogP contribution is -2.08. The zero-order chi connectivity index (χ0) is 9.10. The van der Waals surface area contributed by atoms with E-state index in [2.05, 4.69) is 16.4 Å². The van der Waals surface area contributed by atoms with Crippen LogP contribution in [-0.2, 0) is 0 Å². The molecule has 2 rings (SSSR count). The van der Waals surface area contributed by atoms with Crippen molar-refractivity contribution >= 4 is 0 Å². The molecule has 2 heterocycles. The topological polar surface area (TPSA) is 48.7 Å². The number of nitriles is 1. The van der Waals surface area contributed by atoms with Gasteiger partial charge in [0.15, 0.2) is 0 Å². The molecule has 13 heavy (non-hydrogen) atoms. The molecule has 0 saturated carbocycles. The van der Waals surface area contributed by atoms with Crippen LogP contribution < -0.4 is 5.32 Å². The minimum Gasteiger partial charge on any atom is -0.316 e. The molecule has 0 spiro atoms. The van der Waals surface area contributed by atoms with Gasteiger partial charge < -0.3 is 5.32 Å². The summed E-state index contributed by atoms with van der Waals surface area (Å²) in [5.74, 6) is 0.542. The molecule has 1 N–H and O–H groups in total. The van der Waals surface area contributed by atoms with Crippen molar-refractivity contribution in [1.82, 2.24) is 10.3 Å². The van der Waals surface area contributed by atoms with E-state index in [-0.39, 0.29) is 0 Å². The Morgan fingerprint density at radius 2 is 2.46 bits per heavy atom. The maximum Gasteiger partial charge on any atom is 0.101 e. The Morgan fingerprint density at radius 3 is 3.15 bits per heavy atom. The molecule has 1 aliphatic heterocycles. The van der Waals surface area contributed by atoms with Crippen LogP contribution in [0.4, 0.5) is 0 Å². The highest BCUT2D eigenvalue weighted by atomic mass is 14.9. The third kappa shape index (κ3) is 1.68. The maximum absolute atomic E-state index is 8.70. The number of nitrogens with zero attached hydrogens (tertiary/aromatic N) is 2. The lowest BCUT2D eigenvalue weighted by molar-refractivity contribution is 0.758. The molecule has 1 aromatic rings. The molecule has 0 amide bonds. The quantitative estimate of drug-likeness (QED) is 0.690. The molecular formula is C10H11N3. The van der Waals surface area contributed by atoms with Gasteiger partial charge >= 0.3 is 0 Å². The predicted molar refractivity (Wildman–Crippen MR) is 49.2 cm³/mol. The SMILES string of the molecule is N#Cc1cncc(C2CCNC2)c1. The van der Waals surface area contributed by atoms with Crippen LogP contribution in [0.15, 0.2) is 18.5 Å². The van der Waals surface area contributed by atoms with Gasteiger partial charge in [0.1, 0.15) is 6.07 Å². The van der Waals surface area contributed by atoms with Crippen molar-refractivity contribution in [3.8, 4) is 6.07 Å². The number of hydrogen-bond acceptors (Lipinski definition) is 3. The minimum absolute atomic E-state index is 0.542. The minimum atomic E-state index is 0.542. The van der Waals surface area contributed by atoms with E-state index in [4.69, 9.17) is 5.26 Å². The maximum atomic E-state index is 8.70. The van der Waals surface area contributed by atoms with Gasteiger partial charge in [-0.25, -0.2) is 0 Å². The fraction of sp³-hybridized carbons (Fsp3) is 0.400. The van der Waals surface area contributed by atoms with E-state index < -0.39 is 0 Å². The van der Waals surface area contributed by atoms with E-state index in [0.29, 0.717) is 11.5 Å². The van der Waals surface area contributed by atoms with E-state index in [1.54, 1.807) is 6.20 Å². The van der Waals surface area contributed by atoms with Crippen molar-refractivity contribution in [2.45, 2.75) is 12.3 Å². The molecule has 3 nitrogen and oxygen atoms in total. The first-order valence-corrected chi connectivity index (χ1v) is 4.46. The third-order valence-corrected chi connectivity index (χ3v) is 2.42. The summed E-state index contributed by atoms with van der Waals surface area (Å²) in [5.41, 5.74) is 1.84. The number of rotatable bonds is 1. The van der Waals surface area contributed by atoms with Gasteiger partial charge in [-0.3, -0.25) is 4.98 Å². The largest absolute Gasteiger partial charge is 0.316 e. The van der Waals surface area contributed by atoms with E-state index in [0.717, 1.165) is 19.5 Å². The van der Waals surface area contributed by atoms with E-state index in [1.165, 1.54) is 5.56 Å². The Bertz CT molecular complexity index is 334. The summed E-state index contributed by atoms with van der Waals surface area (Å²) >= 11 is 0. The summed E-state index contributed by atoms with van der Waals surface area (Å²) in [6.07, 6.45) is 4.61. The summed E-state index contributed by atoms with van der Waals surface area (Å²) in [6, 6.07) is 4.04. The third-order valence-electron chi connectivity index (χ3n) is 2.42. The number of hydrogen-bond donors (Lipinski definition) is 1. The van der Waals surface area contributed by atoms with Gasteiger partial charge in [-0.1, -0.05) is 0 Å². The van der Waals surface area contributed by atoms with E-state index in [9.17, 15) is 0 Å². The molecule has 1 unspecified atom stereocenters. The first-order valence-electron chi connectivity index (χ1n) is 4.46. The van der Waals surface area contributed by atoms with Gasteiger partial charge in [0.2, 0.25) is 0 Å². The van der Waals surface area contributed by atoms with Crippen LogP contribution in [0, 0.1) is 11.3 Å². The average Bonchev–Trinajstić information content (AvgIpc) is 2.71. The van der Waals surface area contributed by atoms with Crippen LogP contribution in [0.3, 0.4) is 0 Å². The van der Waals surface area contributed by atoms with Crippen molar-refractivity contribution in [2.24, 2.45) is 0 Å². The molecule has 1 saturated heterocycles. The van der Waals surface area contributed by atoms with E-state index >= 15 is 0 Å². The summed E-state index contributed by atoms with van der Waals surface area (Å²) in [4.78, 5) is 4.05. The Morgan fingerprint density at radius 1 is 1.54 bits per heavy atom.